The molecule has 0 aliphatic heterocycles. The van der Waals surface area contributed by atoms with Crippen LogP contribution in [0.5, 0.6) is 0 Å². The van der Waals surface area contributed by atoms with Gasteiger partial charge in [-0.15, -0.1) is 0 Å². The van der Waals surface area contributed by atoms with Gasteiger partial charge in [0, 0.05) is 19.3 Å². The molecule has 0 unspecified atom stereocenters. The molecular weight excluding hydrogens is 256 g/mol. The highest BCUT2D eigenvalue weighted by Crippen LogP contribution is 2.23. The number of hydrazine groups is 1. The maximum Gasteiger partial charge on any atom is 0.243 e. The Balaban J connectivity index is 3.21. The van der Waals surface area contributed by atoms with Crippen molar-refractivity contribution in [2.24, 2.45) is 5.84 Å². The van der Waals surface area contributed by atoms with Crippen LogP contribution in [0, 0.1) is 0 Å². The third-order valence-corrected chi connectivity index (χ3v) is 4.84. The van der Waals surface area contributed by atoms with Crippen LogP contribution in [0.25, 0.3) is 0 Å². The molecule has 0 saturated heterocycles. The van der Waals surface area contributed by atoms with Crippen molar-refractivity contribution in [2.75, 3.05) is 19.1 Å². The molecule has 1 aromatic rings. The summed E-state index contributed by atoms with van der Waals surface area (Å²) in [6.07, 6.45) is 1.35. The molecule has 8 heteroatoms. The first-order valence-corrected chi connectivity index (χ1v) is 6.72. The van der Waals surface area contributed by atoms with Crippen LogP contribution in [-0.2, 0) is 10.0 Å². The number of nitrogen functional groups attached to an aromatic ring is 1. The van der Waals surface area contributed by atoms with Crippen LogP contribution in [0.4, 0.5) is 5.82 Å². The van der Waals surface area contributed by atoms with E-state index >= 15 is 0 Å². The number of hydrogen-bond acceptors (Lipinski definition) is 6. The number of nitrogens with two attached hydrogens (primary N) is 1. The number of aromatic nitrogens is 1. The van der Waals surface area contributed by atoms with E-state index in [4.69, 9.17) is 5.84 Å². The molecule has 1 heterocycles. The number of hydrogen-bond donors (Lipinski definition) is 3. The SMILES string of the molecule is CN(C(C)(C)CO)S(=O)(=O)c1ccnc(NN)c1. The second kappa shape index (κ2) is 5.19. The summed E-state index contributed by atoms with van der Waals surface area (Å²) >= 11 is 0. The quantitative estimate of drug-likeness (QED) is 0.505. The number of likely N-dealkylation sites (N-methyl/N-ethyl adjacent to an activating group) is 1. The molecular formula is C10H18N4O3S. The second-order valence-electron chi connectivity index (χ2n) is 4.46. The van der Waals surface area contributed by atoms with Crippen LogP contribution < -0.4 is 11.3 Å². The van der Waals surface area contributed by atoms with Crippen molar-refractivity contribution in [1.82, 2.24) is 9.29 Å². The van der Waals surface area contributed by atoms with E-state index in [1.165, 1.54) is 25.4 Å². The van der Waals surface area contributed by atoms with Crippen molar-refractivity contribution in [2.45, 2.75) is 24.3 Å². The molecule has 4 N–H and O–H groups in total. The predicted molar refractivity (Wildman–Crippen MR) is 68.2 cm³/mol. The second-order valence-corrected chi connectivity index (χ2v) is 6.43. The fraction of sp³-hybridized carbons (Fsp3) is 0.500. The maximum atomic E-state index is 12.3. The molecule has 1 aromatic heterocycles. The summed E-state index contributed by atoms with van der Waals surface area (Å²) in [6.45, 7) is 2.98. The van der Waals surface area contributed by atoms with E-state index in [1.54, 1.807) is 13.8 Å². The van der Waals surface area contributed by atoms with Crippen LogP contribution in [-0.4, -0.2) is 42.0 Å². The minimum atomic E-state index is -3.70. The van der Waals surface area contributed by atoms with E-state index < -0.39 is 15.6 Å². The zero-order valence-electron chi connectivity index (χ0n) is 10.6. The van der Waals surface area contributed by atoms with Gasteiger partial charge in [0.25, 0.3) is 0 Å². The summed E-state index contributed by atoms with van der Waals surface area (Å²) in [7, 11) is -2.29. The lowest BCUT2D eigenvalue weighted by molar-refractivity contribution is 0.138. The lowest BCUT2D eigenvalue weighted by Crippen LogP contribution is -2.47. The highest BCUT2D eigenvalue weighted by atomic mass is 32.2. The Morgan fingerprint density at radius 1 is 1.56 bits per heavy atom. The molecule has 0 aliphatic rings. The van der Waals surface area contributed by atoms with Crippen molar-refractivity contribution in [1.29, 1.82) is 0 Å². The Morgan fingerprint density at radius 3 is 2.67 bits per heavy atom. The minimum absolute atomic E-state index is 0.0643. The Bertz CT molecular complexity index is 516. The van der Waals surface area contributed by atoms with Crippen LogP contribution in [0.1, 0.15) is 13.8 Å². The first kappa shape index (κ1) is 14.8. The molecule has 102 valence electrons. The number of anilines is 1. The van der Waals surface area contributed by atoms with Gasteiger partial charge in [-0.25, -0.2) is 19.2 Å². The molecule has 0 aliphatic carbocycles. The Hall–Kier alpha value is -1.22. The Kier molecular flexibility index (Phi) is 4.28. The topological polar surface area (TPSA) is 109 Å². The highest BCUT2D eigenvalue weighted by Gasteiger charge is 2.33. The Morgan fingerprint density at radius 2 is 2.17 bits per heavy atom. The van der Waals surface area contributed by atoms with Crippen LogP contribution in [0.15, 0.2) is 23.2 Å². The largest absolute Gasteiger partial charge is 0.394 e. The summed E-state index contributed by atoms with van der Waals surface area (Å²) < 4.78 is 25.8. The molecule has 0 aromatic carbocycles. The zero-order chi connectivity index (χ0) is 14.0. The average Bonchev–Trinajstić information content (AvgIpc) is 2.37. The monoisotopic (exact) mass is 274 g/mol. The first-order chi connectivity index (χ1) is 8.25. The van der Waals surface area contributed by atoms with Crippen LogP contribution in [0.2, 0.25) is 0 Å². The number of aliphatic hydroxyl groups is 1. The third-order valence-electron chi connectivity index (χ3n) is 2.78. The number of nitrogens with one attached hydrogen (secondary N) is 1. The van der Waals surface area contributed by atoms with E-state index in [2.05, 4.69) is 10.4 Å². The normalized spacial score (nSPS) is 12.8. The Labute approximate surface area is 107 Å². The molecule has 0 fully saturated rings. The summed E-state index contributed by atoms with van der Waals surface area (Å²) in [5, 5.41) is 9.22. The smallest absolute Gasteiger partial charge is 0.243 e. The van der Waals surface area contributed by atoms with Gasteiger partial charge in [0.15, 0.2) is 0 Å². The van der Waals surface area contributed by atoms with Gasteiger partial charge in [-0.2, -0.15) is 4.31 Å². The molecule has 0 radical (unpaired) electrons. The van der Waals surface area contributed by atoms with E-state index in [1.807, 2.05) is 0 Å². The standard InChI is InChI=1S/C10H18N4O3S/c1-10(2,7-15)14(3)18(16,17)8-4-5-12-9(6-8)13-11/h4-6,15H,7,11H2,1-3H3,(H,12,13). The first-order valence-electron chi connectivity index (χ1n) is 5.28. The maximum absolute atomic E-state index is 12.3. The van der Waals surface area contributed by atoms with Crippen molar-refractivity contribution >= 4 is 15.8 Å². The molecule has 0 spiro atoms. The number of nitrogens with zero attached hydrogens (tertiary/aromatic N) is 2. The van der Waals surface area contributed by atoms with Crippen molar-refractivity contribution in [3.63, 3.8) is 0 Å². The third kappa shape index (κ3) is 2.78. The minimum Gasteiger partial charge on any atom is -0.394 e. The van der Waals surface area contributed by atoms with Gasteiger partial charge in [-0.1, -0.05) is 0 Å². The number of aliphatic hydroxyl groups excluding tert-OH is 1. The zero-order valence-corrected chi connectivity index (χ0v) is 11.4. The van der Waals surface area contributed by atoms with E-state index in [9.17, 15) is 13.5 Å². The molecule has 1 rings (SSSR count). The molecule has 0 bridgehead atoms. The fourth-order valence-corrected chi connectivity index (χ4v) is 2.75. The highest BCUT2D eigenvalue weighted by molar-refractivity contribution is 7.89. The van der Waals surface area contributed by atoms with E-state index in [0.29, 0.717) is 0 Å². The van der Waals surface area contributed by atoms with Crippen molar-refractivity contribution in [3.05, 3.63) is 18.3 Å². The van der Waals surface area contributed by atoms with Crippen molar-refractivity contribution < 1.29 is 13.5 Å². The number of pyridine rings is 1. The van der Waals surface area contributed by atoms with Gasteiger partial charge >= 0.3 is 0 Å². The summed E-state index contributed by atoms with van der Waals surface area (Å²) in [5.41, 5.74) is 1.40. The molecule has 0 atom stereocenters. The van der Waals surface area contributed by atoms with Gasteiger partial charge in [-0.3, -0.25) is 0 Å². The van der Waals surface area contributed by atoms with Crippen LogP contribution >= 0.6 is 0 Å². The average molecular weight is 274 g/mol. The number of sulfonamides is 1. The van der Waals surface area contributed by atoms with Gasteiger partial charge < -0.3 is 10.5 Å². The molecule has 0 amide bonds. The van der Waals surface area contributed by atoms with E-state index in [-0.39, 0.29) is 17.3 Å². The van der Waals surface area contributed by atoms with Gasteiger partial charge in [0.1, 0.15) is 5.82 Å². The van der Waals surface area contributed by atoms with Crippen molar-refractivity contribution in [3.8, 4) is 0 Å². The lowest BCUT2D eigenvalue weighted by Gasteiger charge is -2.32. The van der Waals surface area contributed by atoms with Gasteiger partial charge in [-0.05, 0) is 19.9 Å². The molecule has 0 saturated carbocycles. The summed E-state index contributed by atoms with van der Waals surface area (Å²) in [5.74, 6) is 5.44. The van der Waals surface area contributed by atoms with Gasteiger partial charge in [0.05, 0.1) is 17.0 Å². The summed E-state index contributed by atoms with van der Waals surface area (Å²) in [4.78, 5) is 3.91. The summed E-state index contributed by atoms with van der Waals surface area (Å²) in [6, 6.07) is 2.71. The molecule has 18 heavy (non-hydrogen) atoms. The number of rotatable bonds is 5. The van der Waals surface area contributed by atoms with Gasteiger partial charge in [0.2, 0.25) is 10.0 Å². The molecule has 7 nitrogen and oxygen atoms in total. The predicted octanol–water partition coefficient (Wildman–Crippen LogP) is -0.241. The van der Waals surface area contributed by atoms with Crippen LogP contribution in [0.3, 0.4) is 0 Å². The fourth-order valence-electron chi connectivity index (χ4n) is 1.23. The lowest BCUT2D eigenvalue weighted by atomic mass is 10.1. The van der Waals surface area contributed by atoms with E-state index in [0.717, 1.165) is 4.31 Å².